The molecule has 1 unspecified atom stereocenters. The Labute approximate surface area is 206 Å². The number of carbonyl (C=O) groups excluding carboxylic acids is 3. The molecule has 1 atom stereocenters. The fraction of sp³-hybridized carbons (Fsp3) is 0.292. The number of carbonyl (C=O) groups is 3. The van der Waals surface area contributed by atoms with Gasteiger partial charge >= 0.3 is 6.03 Å². The lowest BCUT2D eigenvalue weighted by atomic mass is 10.1. The lowest BCUT2D eigenvalue weighted by Gasteiger charge is -2.23. The Kier molecular flexibility index (Phi) is 7.35. The second-order valence-electron chi connectivity index (χ2n) is 8.22. The van der Waals surface area contributed by atoms with Crippen LogP contribution in [-0.4, -0.2) is 51.5 Å². The molecule has 2 aromatic carbocycles. The van der Waals surface area contributed by atoms with Crippen LogP contribution in [0.15, 0.2) is 47.6 Å². The summed E-state index contributed by atoms with van der Waals surface area (Å²) in [5.74, 6) is 0.815. The molecule has 0 radical (unpaired) electrons. The van der Waals surface area contributed by atoms with Crippen molar-refractivity contribution in [2.24, 2.45) is 0 Å². The Morgan fingerprint density at radius 2 is 2.03 bits per heavy atom. The third-order valence-electron chi connectivity index (χ3n) is 5.46. The van der Waals surface area contributed by atoms with Crippen LogP contribution in [0.5, 0.6) is 5.75 Å². The van der Waals surface area contributed by atoms with Crippen LogP contribution >= 0.6 is 11.8 Å². The van der Waals surface area contributed by atoms with Gasteiger partial charge in [0.1, 0.15) is 11.6 Å². The molecule has 10 nitrogen and oxygen atoms in total. The van der Waals surface area contributed by atoms with Crippen LogP contribution in [0.2, 0.25) is 0 Å². The molecule has 0 saturated carbocycles. The molecule has 182 valence electrons. The molecule has 1 saturated heterocycles. The van der Waals surface area contributed by atoms with Crippen LogP contribution in [0, 0.1) is 13.8 Å². The molecule has 4 rings (SSSR count). The summed E-state index contributed by atoms with van der Waals surface area (Å²) in [4.78, 5) is 36.2. The third kappa shape index (κ3) is 5.99. The van der Waals surface area contributed by atoms with Crippen LogP contribution in [0.25, 0.3) is 5.69 Å². The summed E-state index contributed by atoms with van der Waals surface area (Å²) < 4.78 is 7.18. The second-order valence-corrected chi connectivity index (χ2v) is 9.16. The highest BCUT2D eigenvalue weighted by molar-refractivity contribution is 7.99. The number of benzene rings is 2. The summed E-state index contributed by atoms with van der Waals surface area (Å²) in [5.41, 5.74) is 3.56. The topological polar surface area (TPSA) is 127 Å². The van der Waals surface area contributed by atoms with Gasteiger partial charge < -0.3 is 15.4 Å². The maximum Gasteiger partial charge on any atom is 0.321 e. The first-order valence-corrected chi connectivity index (χ1v) is 12.0. The highest BCUT2D eigenvalue weighted by Crippen LogP contribution is 2.26. The summed E-state index contributed by atoms with van der Waals surface area (Å²) in [6.45, 7) is 3.92. The number of nitrogens with one attached hydrogen (secondary N) is 3. The zero-order valence-corrected chi connectivity index (χ0v) is 20.4. The zero-order valence-electron chi connectivity index (χ0n) is 19.6. The Hall–Kier alpha value is -3.86. The number of nitrogens with zero attached hydrogens (tertiary/aromatic N) is 3. The van der Waals surface area contributed by atoms with Crippen LogP contribution in [0.1, 0.15) is 23.4 Å². The molecule has 0 spiro atoms. The number of imide groups is 1. The van der Waals surface area contributed by atoms with E-state index in [4.69, 9.17) is 4.74 Å². The van der Waals surface area contributed by atoms with Gasteiger partial charge in [-0.1, -0.05) is 30.0 Å². The zero-order chi connectivity index (χ0) is 24.9. The number of urea groups is 1. The van der Waals surface area contributed by atoms with Gasteiger partial charge in [-0.2, -0.15) is 0 Å². The lowest BCUT2D eigenvalue weighted by Crippen LogP contribution is -2.53. The van der Waals surface area contributed by atoms with Crippen LogP contribution in [0.4, 0.5) is 10.5 Å². The van der Waals surface area contributed by atoms with E-state index < -0.39 is 12.1 Å². The van der Waals surface area contributed by atoms with Crippen molar-refractivity contribution in [3.05, 3.63) is 59.4 Å². The fourth-order valence-electron chi connectivity index (χ4n) is 3.74. The fourth-order valence-corrected chi connectivity index (χ4v) is 4.51. The molecule has 1 aliphatic heterocycles. The van der Waals surface area contributed by atoms with Crippen molar-refractivity contribution in [2.75, 3.05) is 18.2 Å². The van der Waals surface area contributed by atoms with Crippen molar-refractivity contribution in [3.8, 4) is 11.4 Å². The number of anilines is 1. The summed E-state index contributed by atoms with van der Waals surface area (Å²) in [6.07, 6.45) is 0.427. The first kappa shape index (κ1) is 24.3. The number of ether oxygens (including phenoxy) is 1. The third-order valence-corrected chi connectivity index (χ3v) is 6.39. The van der Waals surface area contributed by atoms with Crippen molar-refractivity contribution in [1.82, 2.24) is 25.4 Å². The first-order valence-electron chi connectivity index (χ1n) is 11.0. The number of hydrogen-bond donors (Lipinski definition) is 3. The largest absolute Gasteiger partial charge is 0.497 e. The average Bonchev–Trinajstić information content (AvgIpc) is 3.21. The number of aromatic nitrogens is 3. The minimum Gasteiger partial charge on any atom is -0.497 e. The number of rotatable bonds is 8. The molecule has 2 heterocycles. The minimum atomic E-state index is -0.531. The smallest absolute Gasteiger partial charge is 0.321 e. The Morgan fingerprint density at radius 3 is 2.80 bits per heavy atom. The van der Waals surface area contributed by atoms with Gasteiger partial charge in [0.2, 0.25) is 11.8 Å². The van der Waals surface area contributed by atoms with Crippen molar-refractivity contribution in [3.63, 3.8) is 0 Å². The molecule has 1 fully saturated rings. The quantitative estimate of drug-likeness (QED) is 0.411. The molecular formula is C24H26N6O4S. The monoisotopic (exact) mass is 494 g/mol. The molecule has 0 bridgehead atoms. The summed E-state index contributed by atoms with van der Waals surface area (Å²) >= 11 is 1.25. The van der Waals surface area contributed by atoms with E-state index in [9.17, 15) is 14.4 Å². The molecule has 0 aliphatic carbocycles. The minimum absolute atomic E-state index is 0.123. The maximum atomic E-state index is 12.7. The summed E-state index contributed by atoms with van der Waals surface area (Å²) in [7, 11) is 1.58. The number of amides is 4. The van der Waals surface area contributed by atoms with Gasteiger partial charge in [-0.05, 0) is 43.2 Å². The van der Waals surface area contributed by atoms with E-state index in [1.54, 1.807) is 7.11 Å². The van der Waals surface area contributed by atoms with E-state index in [0.717, 1.165) is 22.5 Å². The normalized spacial score (nSPS) is 15.3. The van der Waals surface area contributed by atoms with E-state index >= 15 is 0 Å². The van der Waals surface area contributed by atoms with Gasteiger partial charge in [0.15, 0.2) is 5.16 Å². The van der Waals surface area contributed by atoms with Crippen molar-refractivity contribution >= 4 is 35.3 Å². The Morgan fingerprint density at radius 1 is 1.20 bits per heavy atom. The van der Waals surface area contributed by atoms with E-state index in [0.29, 0.717) is 23.2 Å². The molecule has 3 aromatic rings. The number of aryl methyl sites for hydroxylation is 2. The summed E-state index contributed by atoms with van der Waals surface area (Å²) in [6, 6.07) is 12.3. The first-order chi connectivity index (χ1) is 16.8. The maximum absolute atomic E-state index is 12.7. The average molecular weight is 495 g/mol. The van der Waals surface area contributed by atoms with E-state index in [1.165, 1.54) is 11.8 Å². The van der Waals surface area contributed by atoms with Crippen LogP contribution in [0.3, 0.4) is 0 Å². The highest BCUT2D eigenvalue weighted by Gasteiger charge is 2.27. The SMILES string of the molecule is COc1cccc(-n2c(CC3CC(=O)NC(=O)N3)nnc2SCC(=O)Nc2cc(C)ccc2C)c1. The van der Waals surface area contributed by atoms with Crippen LogP contribution in [-0.2, 0) is 16.0 Å². The molecular weight excluding hydrogens is 468 g/mol. The van der Waals surface area contributed by atoms with Gasteiger partial charge in [0, 0.05) is 30.6 Å². The van der Waals surface area contributed by atoms with Gasteiger partial charge in [0.25, 0.3) is 0 Å². The van der Waals surface area contributed by atoms with Crippen molar-refractivity contribution in [1.29, 1.82) is 0 Å². The highest BCUT2D eigenvalue weighted by atomic mass is 32.2. The molecule has 1 aliphatic rings. The summed E-state index contributed by atoms with van der Waals surface area (Å²) in [5, 5.41) is 17.1. The predicted octanol–water partition coefficient (Wildman–Crippen LogP) is 2.76. The molecule has 11 heteroatoms. The molecule has 3 N–H and O–H groups in total. The number of methoxy groups -OCH3 is 1. The van der Waals surface area contributed by atoms with E-state index in [-0.39, 0.29) is 24.0 Å². The number of hydrogen-bond acceptors (Lipinski definition) is 7. The van der Waals surface area contributed by atoms with Crippen molar-refractivity contribution < 1.29 is 19.1 Å². The molecule has 1 aromatic heterocycles. The lowest BCUT2D eigenvalue weighted by molar-refractivity contribution is -0.121. The van der Waals surface area contributed by atoms with Gasteiger partial charge in [-0.15, -0.1) is 10.2 Å². The van der Waals surface area contributed by atoms with Gasteiger partial charge in [0.05, 0.1) is 18.6 Å². The van der Waals surface area contributed by atoms with E-state index in [2.05, 4.69) is 26.1 Å². The second kappa shape index (κ2) is 10.6. The van der Waals surface area contributed by atoms with Gasteiger partial charge in [-0.25, -0.2) is 4.79 Å². The molecule has 35 heavy (non-hydrogen) atoms. The van der Waals surface area contributed by atoms with Gasteiger partial charge in [-0.3, -0.25) is 19.5 Å². The van der Waals surface area contributed by atoms with E-state index in [1.807, 2.05) is 60.9 Å². The van der Waals surface area contributed by atoms with Crippen LogP contribution < -0.4 is 20.7 Å². The molecule has 4 amide bonds. The predicted molar refractivity (Wildman–Crippen MR) is 132 cm³/mol. The standard InChI is InChI=1S/C24H26N6O4S/c1-14-7-8-15(2)19(9-14)26-22(32)13-35-24-29-28-20(10-16-11-21(31)27-23(33)25-16)30(24)17-5-4-6-18(12-17)34-3/h4-9,12,16H,10-11,13H2,1-3H3,(H,26,32)(H2,25,27,31,33). The van der Waals surface area contributed by atoms with Crippen molar-refractivity contribution in [2.45, 2.75) is 37.9 Å². The Balaban J connectivity index is 1.56. The Bertz CT molecular complexity index is 1260. The number of thioether (sulfide) groups is 1.